The molecule has 17 heavy (non-hydrogen) atoms. The van der Waals surface area contributed by atoms with Gasteiger partial charge in [0, 0.05) is 24.5 Å². The Labute approximate surface area is 99.2 Å². The largest absolute Gasteiger partial charge is 0.478 e. The fourth-order valence-electron chi connectivity index (χ4n) is 1.19. The molecule has 0 radical (unpaired) electrons. The molecular weight excluding hydrogens is 220 g/mol. The van der Waals surface area contributed by atoms with Crippen LogP contribution >= 0.6 is 0 Å². The summed E-state index contributed by atoms with van der Waals surface area (Å²) in [5.41, 5.74) is 0.982. The number of amides is 1. The molecule has 2 N–H and O–H groups in total. The van der Waals surface area contributed by atoms with Crippen molar-refractivity contribution in [1.29, 1.82) is 0 Å². The lowest BCUT2D eigenvalue weighted by Crippen LogP contribution is -2.30. The Hall–Kier alpha value is -2.17. The van der Waals surface area contributed by atoms with Crippen LogP contribution in [-0.4, -0.2) is 28.0 Å². The van der Waals surface area contributed by atoms with Gasteiger partial charge in [0.05, 0.1) is 5.56 Å². The summed E-state index contributed by atoms with van der Waals surface area (Å²) in [6, 6.07) is 1.63. The Morgan fingerprint density at radius 3 is 2.71 bits per heavy atom. The Morgan fingerprint density at radius 1 is 1.41 bits per heavy atom. The zero-order chi connectivity index (χ0) is 12.8. The van der Waals surface area contributed by atoms with E-state index in [9.17, 15) is 9.59 Å². The molecule has 1 aromatic rings. The van der Waals surface area contributed by atoms with Gasteiger partial charge in [-0.1, -0.05) is 0 Å². The number of rotatable bonds is 4. The maximum Gasteiger partial charge on any atom is 0.328 e. The van der Waals surface area contributed by atoms with Gasteiger partial charge in [-0.15, -0.1) is 0 Å². The molecule has 0 unspecified atom stereocenters. The molecule has 0 aliphatic rings. The number of hydrogen-bond acceptors (Lipinski definition) is 3. The maximum atomic E-state index is 11.7. The van der Waals surface area contributed by atoms with Crippen molar-refractivity contribution in [2.24, 2.45) is 0 Å². The van der Waals surface area contributed by atoms with Crippen LogP contribution in [0.25, 0.3) is 6.08 Å². The molecule has 0 aromatic carbocycles. The number of carbonyl (C=O) groups excluding carboxylic acids is 1. The molecule has 0 bridgehead atoms. The molecule has 5 nitrogen and oxygen atoms in total. The van der Waals surface area contributed by atoms with Gasteiger partial charge in [0.1, 0.15) is 0 Å². The zero-order valence-corrected chi connectivity index (χ0v) is 9.68. The number of carboxylic acids is 1. The second kappa shape index (κ2) is 5.79. The molecule has 5 heteroatoms. The summed E-state index contributed by atoms with van der Waals surface area (Å²) < 4.78 is 0. The van der Waals surface area contributed by atoms with Gasteiger partial charge in [0.25, 0.3) is 5.91 Å². The summed E-state index contributed by atoms with van der Waals surface area (Å²) in [6.07, 6.45) is 5.32. The molecule has 0 fully saturated rings. The summed E-state index contributed by atoms with van der Waals surface area (Å²) in [4.78, 5) is 25.9. The highest BCUT2D eigenvalue weighted by molar-refractivity contribution is 5.94. The van der Waals surface area contributed by atoms with Crippen molar-refractivity contribution >= 4 is 18.0 Å². The van der Waals surface area contributed by atoms with Crippen LogP contribution in [-0.2, 0) is 4.79 Å². The van der Waals surface area contributed by atoms with Crippen LogP contribution in [0, 0.1) is 0 Å². The van der Waals surface area contributed by atoms with E-state index in [1.54, 1.807) is 6.07 Å². The summed E-state index contributed by atoms with van der Waals surface area (Å²) in [7, 11) is 0. The third kappa shape index (κ3) is 4.46. The van der Waals surface area contributed by atoms with Crippen molar-refractivity contribution in [2.75, 3.05) is 0 Å². The molecule has 1 rings (SSSR count). The zero-order valence-electron chi connectivity index (χ0n) is 9.68. The molecule has 0 saturated heterocycles. The number of aliphatic carboxylic acids is 1. The first kappa shape index (κ1) is 12.9. The van der Waals surface area contributed by atoms with Crippen LogP contribution in [0.2, 0.25) is 0 Å². The number of nitrogens with one attached hydrogen (secondary N) is 1. The van der Waals surface area contributed by atoms with E-state index in [4.69, 9.17) is 5.11 Å². The SMILES string of the molecule is CC(C)NC(=O)c1cncc(/C=C/C(=O)O)c1. The van der Waals surface area contributed by atoms with Crippen molar-refractivity contribution < 1.29 is 14.7 Å². The Bertz CT molecular complexity index is 453. The lowest BCUT2D eigenvalue weighted by atomic mass is 10.2. The summed E-state index contributed by atoms with van der Waals surface area (Å²) in [5, 5.41) is 11.2. The molecule has 0 aliphatic carbocycles. The van der Waals surface area contributed by atoms with Gasteiger partial charge in [-0.2, -0.15) is 0 Å². The molecule has 0 atom stereocenters. The minimum Gasteiger partial charge on any atom is -0.478 e. The normalized spacial score (nSPS) is 10.8. The predicted molar refractivity (Wildman–Crippen MR) is 63.5 cm³/mol. The van der Waals surface area contributed by atoms with Crippen LogP contribution in [0.3, 0.4) is 0 Å². The van der Waals surface area contributed by atoms with Crippen molar-refractivity contribution in [3.63, 3.8) is 0 Å². The Kier molecular flexibility index (Phi) is 4.39. The van der Waals surface area contributed by atoms with Gasteiger partial charge in [-0.25, -0.2) is 4.79 Å². The number of pyridine rings is 1. The van der Waals surface area contributed by atoms with E-state index in [0.29, 0.717) is 11.1 Å². The molecule has 1 aromatic heterocycles. The minimum atomic E-state index is -1.04. The number of carbonyl (C=O) groups is 2. The fraction of sp³-hybridized carbons (Fsp3) is 0.250. The number of carboxylic acid groups (broad SMARTS) is 1. The lowest BCUT2D eigenvalue weighted by molar-refractivity contribution is -0.131. The number of hydrogen-bond donors (Lipinski definition) is 2. The van der Waals surface area contributed by atoms with Gasteiger partial charge in [0.15, 0.2) is 0 Å². The second-order valence-electron chi connectivity index (χ2n) is 3.81. The van der Waals surface area contributed by atoms with Crippen LogP contribution < -0.4 is 5.32 Å². The van der Waals surface area contributed by atoms with Crippen LogP contribution in [0.5, 0.6) is 0 Å². The third-order valence-electron chi connectivity index (χ3n) is 1.86. The highest BCUT2D eigenvalue weighted by Gasteiger charge is 2.07. The first-order valence-electron chi connectivity index (χ1n) is 5.16. The van der Waals surface area contributed by atoms with Gasteiger partial charge in [-0.05, 0) is 31.6 Å². The molecule has 1 amide bonds. The fourth-order valence-corrected chi connectivity index (χ4v) is 1.19. The number of aromatic nitrogens is 1. The molecule has 0 spiro atoms. The average molecular weight is 234 g/mol. The average Bonchev–Trinajstić information content (AvgIpc) is 2.26. The molecule has 90 valence electrons. The predicted octanol–water partition coefficient (Wildman–Crippen LogP) is 1.32. The van der Waals surface area contributed by atoms with Gasteiger partial charge < -0.3 is 10.4 Å². The maximum absolute atomic E-state index is 11.7. The molecule has 1 heterocycles. The van der Waals surface area contributed by atoms with Gasteiger partial charge in [-0.3, -0.25) is 9.78 Å². The van der Waals surface area contributed by atoms with Crippen molar-refractivity contribution in [2.45, 2.75) is 19.9 Å². The standard InChI is InChI=1S/C12H14N2O3/c1-8(2)14-12(17)10-5-9(6-13-7-10)3-4-11(15)16/h3-8H,1-2H3,(H,14,17)(H,15,16)/b4-3+. The minimum absolute atomic E-state index is 0.0423. The first-order chi connectivity index (χ1) is 7.99. The van der Waals surface area contributed by atoms with Crippen LogP contribution in [0.4, 0.5) is 0 Å². The Balaban J connectivity index is 2.85. The molecule has 0 aliphatic heterocycles. The van der Waals surface area contributed by atoms with E-state index in [1.165, 1.54) is 18.5 Å². The van der Waals surface area contributed by atoms with E-state index < -0.39 is 5.97 Å². The van der Waals surface area contributed by atoms with Crippen LogP contribution in [0.1, 0.15) is 29.8 Å². The summed E-state index contributed by atoms with van der Waals surface area (Å²) >= 11 is 0. The second-order valence-corrected chi connectivity index (χ2v) is 3.81. The van der Waals surface area contributed by atoms with E-state index in [2.05, 4.69) is 10.3 Å². The highest BCUT2D eigenvalue weighted by atomic mass is 16.4. The molecule has 0 saturated carbocycles. The summed E-state index contributed by atoms with van der Waals surface area (Å²) in [6.45, 7) is 3.72. The highest BCUT2D eigenvalue weighted by Crippen LogP contribution is 2.05. The van der Waals surface area contributed by atoms with Crippen molar-refractivity contribution in [3.05, 3.63) is 35.7 Å². The first-order valence-corrected chi connectivity index (χ1v) is 5.16. The smallest absolute Gasteiger partial charge is 0.328 e. The lowest BCUT2D eigenvalue weighted by Gasteiger charge is -2.07. The van der Waals surface area contributed by atoms with E-state index in [1.807, 2.05) is 13.8 Å². The summed E-state index contributed by atoms with van der Waals surface area (Å²) in [5.74, 6) is -1.26. The monoisotopic (exact) mass is 234 g/mol. The topological polar surface area (TPSA) is 79.3 Å². The van der Waals surface area contributed by atoms with Gasteiger partial charge in [0.2, 0.25) is 0 Å². The quantitative estimate of drug-likeness (QED) is 0.770. The number of nitrogens with zero attached hydrogens (tertiary/aromatic N) is 1. The third-order valence-corrected chi connectivity index (χ3v) is 1.86. The van der Waals surface area contributed by atoms with Crippen molar-refractivity contribution in [3.8, 4) is 0 Å². The van der Waals surface area contributed by atoms with E-state index in [-0.39, 0.29) is 11.9 Å². The van der Waals surface area contributed by atoms with E-state index >= 15 is 0 Å². The molecular formula is C12H14N2O3. The van der Waals surface area contributed by atoms with Crippen LogP contribution in [0.15, 0.2) is 24.5 Å². The van der Waals surface area contributed by atoms with E-state index in [0.717, 1.165) is 6.08 Å². The Morgan fingerprint density at radius 2 is 2.12 bits per heavy atom. The van der Waals surface area contributed by atoms with Gasteiger partial charge >= 0.3 is 5.97 Å². The van der Waals surface area contributed by atoms with Crippen molar-refractivity contribution in [1.82, 2.24) is 10.3 Å².